The van der Waals surface area contributed by atoms with E-state index in [0.29, 0.717) is 5.76 Å². The standard InChI is InChI=1S/C14H21NO2/c1-11-6-8-14(9-7-11,15(2)3)13(16)12-5-4-10-17-12/h4-5,10-11H,6-9H2,1-3H3. The summed E-state index contributed by atoms with van der Waals surface area (Å²) in [5, 5.41) is 0. The largest absolute Gasteiger partial charge is 0.461 e. The van der Waals surface area contributed by atoms with Crippen LogP contribution in [0.2, 0.25) is 0 Å². The number of hydrogen-bond acceptors (Lipinski definition) is 3. The van der Waals surface area contributed by atoms with Crippen LogP contribution in [0.3, 0.4) is 0 Å². The fourth-order valence-corrected chi connectivity index (χ4v) is 2.75. The van der Waals surface area contributed by atoms with Gasteiger partial charge in [0.2, 0.25) is 5.78 Å². The SMILES string of the molecule is CC1CCC(C(=O)c2ccco2)(N(C)C)CC1. The highest BCUT2D eigenvalue weighted by molar-refractivity contribution is 6.01. The number of rotatable bonds is 3. The van der Waals surface area contributed by atoms with Crippen LogP contribution in [0.5, 0.6) is 0 Å². The second-order valence-corrected chi connectivity index (χ2v) is 5.41. The summed E-state index contributed by atoms with van der Waals surface area (Å²) in [4.78, 5) is 14.7. The Bertz CT molecular complexity index is 373. The minimum atomic E-state index is -0.357. The number of nitrogens with zero attached hydrogens (tertiary/aromatic N) is 1. The second kappa shape index (κ2) is 4.65. The summed E-state index contributed by atoms with van der Waals surface area (Å²) >= 11 is 0. The van der Waals surface area contributed by atoms with Gasteiger partial charge >= 0.3 is 0 Å². The van der Waals surface area contributed by atoms with Crippen LogP contribution in [-0.2, 0) is 0 Å². The molecular formula is C14H21NO2. The quantitative estimate of drug-likeness (QED) is 0.755. The van der Waals surface area contributed by atoms with Gasteiger partial charge < -0.3 is 4.42 Å². The molecular weight excluding hydrogens is 214 g/mol. The number of likely N-dealkylation sites (N-methyl/N-ethyl adjacent to an activating group) is 1. The summed E-state index contributed by atoms with van der Waals surface area (Å²) < 4.78 is 5.27. The van der Waals surface area contributed by atoms with E-state index in [1.807, 2.05) is 14.1 Å². The molecule has 1 aliphatic rings. The van der Waals surface area contributed by atoms with Gasteiger partial charge in [0, 0.05) is 0 Å². The number of furan rings is 1. The Hall–Kier alpha value is -1.09. The molecule has 1 heterocycles. The number of Topliss-reactive ketones (excluding diaryl/α,β-unsaturated/α-hetero) is 1. The van der Waals surface area contributed by atoms with Gasteiger partial charge in [-0.25, -0.2) is 0 Å². The van der Waals surface area contributed by atoms with Gasteiger partial charge in [-0.15, -0.1) is 0 Å². The Morgan fingerprint density at radius 1 is 1.41 bits per heavy atom. The van der Waals surface area contributed by atoms with Gasteiger partial charge in [0.15, 0.2) is 5.76 Å². The number of hydrogen-bond donors (Lipinski definition) is 0. The highest BCUT2D eigenvalue weighted by Crippen LogP contribution is 2.37. The minimum Gasteiger partial charge on any atom is -0.461 e. The van der Waals surface area contributed by atoms with Gasteiger partial charge in [-0.3, -0.25) is 9.69 Å². The first-order valence-corrected chi connectivity index (χ1v) is 6.32. The zero-order chi connectivity index (χ0) is 12.5. The first kappa shape index (κ1) is 12.4. The van der Waals surface area contributed by atoms with E-state index >= 15 is 0 Å². The topological polar surface area (TPSA) is 33.5 Å². The fourth-order valence-electron chi connectivity index (χ4n) is 2.75. The lowest BCUT2D eigenvalue weighted by Crippen LogP contribution is -2.53. The Kier molecular flexibility index (Phi) is 3.38. The molecule has 1 aromatic heterocycles. The van der Waals surface area contributed by atoms with Crippen LogP contribution >= 0.6 is 0 Å². The van der Waals surface area contributed by atoms with Gasteiger partial charge in [-0.2, -0.15) is 0 Å². The molecule has 0 bridgehead atoms. The molecule has 1 fully saturated rings. The van der Waals surface area contributed by atoms with Crippen molar-refractivity contribution in [3.8, 4) is 0 Å². The van der Waals surface area contributed by atoms with Crippen molar-refractivity contribution in [2.24, 2.45) is 5.92 Å². The van der Waals surface area contributed by atoms with E-state index < -0.39 is 0 Å². The molecule has 0 saturated heterocycles. The highest BCUT2D eigenvalue weighted by atomic mass is 16.3. The van der Waals surface area contributed by atoms with E-state index in [1.54, 1.807) is 18.4 Å². The molecule has 3 nitrogen and oxygen atoms in total. The van der Waals surface area contributed by atoms with Crippen molar-refractivity contribution >= 4 is 5.78 Å². The van der Waals surface area contributed by atoms with Crippen molar-refractivity contribution in [1.29, 1.82) is 0 Å². The summed E-state index contributed by atoms with van der Waals surface area (Å²) in [6, 6.07) is 3.55. The summed E-state index contributed by atoms with van der Waals surface area (Å²) in [6.07, 6.45) is 5.67. The van der Waals surface area contributed by atoms with Gasteiger partial charge in [-0.1, -0.05) is 6.92 Å². The van der Waals surface area contributed by atoms with E-state index in [-0.39, 0.29) is 11.3 Å². The van der Waals surface area contributed by atoms with Crippen molar-refractivity contribution < 1.29 is 9.21 Å². The third-order valence-corrected chi connectivity index (χ3v) is 4.13. The van der Waals surface area contributed by atoms with Crippen LogP contribution < -0.4 is 0 Å². The third-order valence-electron chi connectivity index (χ3n) is 4.13. The predicted molar refractivity (Wildman–Crippen MR) is 67.1 cm³/mol. The molecule has 0 spiro atoms. The summed E-state index contributed by atoms with van der Waals surface area (Å²) in [5.74, 6) is 1.36. The Morgan fingerprint density at radius 3 is 2.53 bits per heavy atom. The van der Waals surface area contributed by atoms with Gasteiger partial charge in [-0.05, 0) is 57.8 Å². The van der Waals surface area contributed by atoms with Gasteiger partial charge in [0.25, 0.3) is 0 Å². The molecule has 94 valence electrons. The van der Waals surface area contributed by atoms with Crippen LogP contribution in [0, 0.1) is 5.92 Å². The molecule has 1 aromatic rings. The molecule has 0 radical (unpaired) electrons. The maximum Gasteiger partial charge on any atom is 0.218 e. The maximum atomic E-state index is 12.6. The van der Waals surface area contributed by atoms with Crippen LogP contribution in [0.4, 0.5) is 0 Å². The summed E-state index contributed by atoms with van der Waals surface area (Å²) in [5.41, 5.74) is -0.357. The second-order valence-electron chi connectivity index (χ2n) is 5.41. The monoisotopic (exact) mass is 235 g/mol. The number of ketones is 1. The molecule has 3 heteroatoms. The van der Waals surface area contributed by atoms with Crippen LogP contribution in [0.15, 0.2) is 22.8 Å². The molecule has 0 amide bonds. The summed E-state index contributed by atoms with van der Waals surface area (Å²) in [7, 11) is 3.99. The fraction of sp³-hybridized carbons (Fsp3) is 0.643. The van der Waals surface area contributed by atoms with Crippen LogP contribution in [-0.4, -0.2) is 30.3 Å². The van der Waals surface area contributed by atoms with E-state index in [0.717, 1.165) is 31.6 Å². The molecule has 2 rings (SSSR count). The Labute approximate surface area is 103 Å². The third kappa shape index (κ3) is 2.16. The molecule has 1 aliphatic carbocycles. The average molecular weight is 235 g/mol. The zero-order valence-corrected chi connectivity index (χ0v) is 10.9. The normalized spacial score (nSPS) is 29.5. The minimum absolute atomic E-state index is 0.138. The molecule has 0 unspecified atom stereocenters. The lowest BCUT2D eigenvalue weighted by Gasteiger charge is -2.42. The van der Waals surface area contributed by atoms with E-state index in [1.165, 1.54) is 0 Å². The number of carbonyl (C=O) groups excluding carboxylic acids is 1. The first-order chi connectivity index (χ1) is 8.06. The van der Waals surface area contributed by atoms with Gasteiger partial charge in [0.1, 0.15) is 0 Å². The maximum absolute atomic E-state index is 12.6. The smallest absolute Gasteiger partial charge is 0.218 e. The molecule has 0 N–H and O–H groups in total. The zero-order valence-electron chi connectivity index (χ0n) is 10.9. The van der Waals surface area contributed by atoms with Gasteiger partial charge in [0.05, 0.1) is 11.8 Å². The lowest BCUT2D eigenvalue weighted by molar-refractivity contribution is 0.0485. The molecule has 1 saturated carbocycles. The molecule has 0 atom stereocenters. The van der Waals surface area contributed by atoms with Crippen molar-refractivity contribution in [2.45, 2.75) is 38.1 Å². The predicted octanol–water partition coefficient (Wildman–Crippen LogP) is 2.97. The lowest BCUT2D eigenvalue weighted by atomic mass is 9.73. The Morgan fingerprint density at radius 2 is 2.06 bits per heavy atom. The van der Waals surface area contributed by atoms with E-state index in [2.05, 4.69) is 11.8 Å². The highest BCUT2D eigenvalue weighted by Gasteiger charge is 2.44. The van der Waals surface area contributed by atoms with E-state index in [9.17, 15) is 4.79 Å². The van der Waals surface area contributed by atoms with Crippen molar-refractivity contribution in [2.75, 3.05) is 14.1 Å². The van der Waals surface area contributed by atoms with Crippen LogP contribution in [0.1, 0.15) is 43.2 Å². The first-order valence-electron chi connectivity index (χ1n) is 6.32. The van der Waals surface area contributed by atoms with Crippen molar-refractivity contribution in [1.82, 2.24) is 4.90 Å². The molecule has 17 heavy (non-hydrogen) atoms. The van der Waals surface area contributed by atoms with Crippen molar-refractivity contribution in [3.63, 3.8) is 0 Å². The van der Waals surface area contributed by atoms with E-state index in [4.69, 9.17) is 4.42 Å². The number of carbonyl (C=O) groups is 1. The molecule has 0 aliphatic heterocycles. The van der Waals surface area contributed by atoms with Crippen LogP contribution in [0.25, 0.3) is 0 Å². The summed E-state index contributed by atoms with van der Waals surface area (Å²) in [6.45, 7) is 2.26. The Balaban J connectivity index is 2.26. The van der Waals surface area contributed by atoms with Crippen molar-refractivity contribution in [3.05, 3.63) is 24.2 Å². The molecule has 0 aromatic carbocycles. The average Bonchev–Trinajstić information content (AvgIpc) is 2.82.